The Bertz CT molecular complexity index is 563. The normalized spacial score (nSPS) is 10.4. The number of aryl methyl sites for hydroxylation is 1. The van der Waals surface area contributed by atoms with Gasteiger partial charge in [0, 0.05) is 5.39 Å². The van der Waals surface area contributed by atoms with Gasteiger partial charge in [-0.05, 0) is 31.2 Å². The lowest BCUT2D eigenvalue weighted by atomic mass is 10.1. The molecule has 1 N–H and O–H groups in total. The number of methoxy groups -OCH3 is 1. The van der Waals surface area contributed by atoms with Gasteiger partial charge < -0.3 is 9.84 Å². The number of benzene rings is 1. The number of rotatable bonds is 2. The average Bonchev–Trinajstić information content (AvgIpc) is 2.27. The molecule has 0 saturated heterocycles. The Kier molecular flexibility index (Phi) is 2.48. The third-order valence-electron chi connectivity index (χ3n) is 2.44. The molecule has 1 aromatic heterocycles. The molecule has 0 amide bonds. The van der Waals surface area contributed by atoms with Crippen LogP contribution in [0, 0.1) is 6.92 Å². The highest BCUT2D eigenvalue weighted by molar-refractivity contribution is 5.94. The highest BCUT2D eigenvalue weighted by atomic mass is 16.5. The molecule has 0 fully saturated rings. The van der Waals surface area contributed by atoms with Crippen molar-refractivity contribution in [1.29, 1.82) is 0 Å². The number of fused-ring (bicyclic) bond motifs is 1. The number of nitrogens with zero attached hydrogens (tertiary/aromatic N) is 1. The van der Waals surface area contributed by atoms with E-state index >= 15 is 0 Å². The molecule has 2 rings (SSSR count). The van der Waals surface area contributed by atoms with Crippen LogP contribution in [-0.2, 0) is 0 Å². The monoisotopic (exact) mass is 217 g/mol. The Morgan fingerprint density at radius 3 is 2.75 bits per heavy atom. The molecule has 0 aliphatic heterocycles. The Morgan fingerprint density at radius 1 is 1.38 bits per heavy atom. The van der Waals surface area contributed by atoms with E-state index in [-0.39, 0.29) is 5.56 Å². The number of aromatic nitrogens is 1. The average molecular weight is 217 g/mol. The van der Waals surface area contributed by atoms with E-state index < -0.39 is 5.97 Å². The molecule has 0 bridgehead atoms. The lowest BCUT2D eigenvalue weighted by Crippen LogP contribution is -2.01. The topological polar surface area (TPSA) is 59.4 Å². The number of hydrogen-bond acceptors (Lipinski definition) is 3. The van der Waals surface area contributed by atoms with E-state index in [1.165, 1.54) is 0 Å². The van der Waals surface area contributed by atoms with E-state index in [0.717, 1.165) is 10.9 Å². The minimum absolute atomic E-state index is 0.223. The number of pyridine rings is 1. The van der Waals surface area contributed by atoms with E-state index in [2.05, 4.69) is 4.98 Å². The van der Waals surface area contributed by atoms with Crippen LogP contribution in [0.2, 0.25) is 0 Å². The fraction of sp³-hybridized carbons (Fsp3) is 0.167. The first-order chi connectivity index (χ1) is 7.61. The van der Waals surface area contributed by atoms with Gasteiger partial charge in [0.05, 0.1) is 23.9 Å². The second-order valence-corrected chi connectivity index (χ2v) is 3.49. The van der Waals surface area contributed by atoms with E-state index in [0.29, 0.717) is 11.4 Å². The van der Waals surface area contributed by atoms with E-state index in [1.54, 1.807) is 32.2 Å². The molecular weight excluding hydrogens is 206 g/mol. The van der Waals surface area contributed by atoms with Gasteiger partial charge in [0.25, 0.3) is 0 Å². The lowest BCUT2D eigenvalue weighted by Gasteiger charge is -2.05. The van der Waals surface area contributed by atoms with Gasteiger partial charge in [-0.3, -0.25) is 4.98 Å². The third kappa shape index (κ3) is 1.69. The summed E-state index contributed by atoms with van der Waals surface area (Å²) in [5, 5.41) is 9.75. The molecule has 0 aliphatic rings. The number of carboxylic acid groups (broad SMARTS) is 1. The number of ether oxygens (including phenoxy) is 1. The lowest BCUT2D eigenvalue weighted by molar-refractivity contribution is 0.0696. The maximum Gasteiger partial charge on any atom is 0.337 e. The molecule has 0 atom stereocenters. The number of hydrogen-bond donors (Lipinski definition) is 1. The standard InChI is InChI=1S/C12H11NO3/c1-7-10(12(14)15)6-8-5-9(16-2)3-4-11(8)13-7/h3-6H,1-2H3,(H,14,15). The van der Waals surface area contributed by atoms with Gasteiger partial charge in [-0.1, -0.05) is 0 Å². The van der Waals surface area contributed by atoms with Crippen LogP contribution in [0.4, 0.5) is 0 Å². The van der Waals surface area contributed by atoms with Crippen LogP contribution in [0.25, 0.3) is 10.9 Å². The molecule has 0 spiro atoms. The highest BCUT2D eigenvalue weighted by Crippen LogP contribution is 2.21. The minimum atomic E-state index is -0.963. The first-order valence-corrected chi connectivity index (χ1v) is 4.80. The highest BCUT2D eigenvalue weighted by Gasteiger charge is 2.10. The van der Waals surface area contributed by atoms with Gasteiger partial charge in [-0.25, -0.2) is 4.79 Å². The molecular formula is C12H11NO3. The van der Waals surface area contributed by atoms with E-state index in [4.69, 9.17) is 9.84 Å². The summed E-state index contributed by atoms with van der Waals surface area (Å²) in [4.78, 5) is 15.2. The first kappa shape index (κ1) is 10.4. The van der Waals surface area contributed by atoms with Crippen molar-refractivity contribution in [3.63, 3.8) is 0 Å². The summed E-state index contributed by atoms with van der Waals surface area (Å²) in [6, 6.07) is 7.00. The molecule has 2 aromatic rings. The van der Waals surface area contributed by atoms with Crippen LogP contribution in [0.5, 0.6) is 5.75 Å². The summed E-state index contributed by atoms with van der Waals surface area (Å²) in [7, 11) is 1.57. The molecule has 4 heteroatoms. The zero-order valence-electron chi connectivity index (χ0n) is 9.02. The van der Waals surface area contributed by atoms with Gasteiger partial charge in [0.1, 0.15) is 5.75 Å². The third-order valence-corrected chi connectivity index (χ3v) is 2.44. The summed E-state index contributed by atoms with van der Waals surface area (Å²) in [5.74, 6) is -0.274. The Morgan fingerprint density at radius 2 is 2.12 bits per heavy atom. The summed E-state index contributed by atoms with van der Waals surface area (Å²) >= 11 is 0. The number of carboxylic acids is 1. The fourth-order valence-electron chi connectivity index (χ4n) is 1.59. The van der Waals surface area contributed by atoms with Gasteiger partial charge in [-0.2, -0.15) is 0 Å². The van der Waals surface area contributed by atoms with Gasteiger partial charge in [-0.15, -0.1) is 0 Å². The Labute approximate surface area is 92.5 Å². The SMILES string of the molecule is COc1ccc2nc(C)c(C(=O)O)cc2c1. The first-order valence-electron chi connectivity index (χ1n) is 4.80. The van der Waals surface area contributed by atoms with Gasteiger partial charge in [0.2, 0.25) is 0 Å². The van der Waals surface area contributed by atoms with Crippen molar-refractivity contribution in [3.8, 4) is 5.75 Å². The van der Waals surface area contributed by atoms with Crippen molar-refractivity contribution >= 4 is 16.9 Å². The van der Waals surface area contributed by atoms with Crippen LogP contribution in [-0.4, -0.2) is 23.2 Å². The minimum Gasteiger partial charge on any atom is -0.497 e. The van der Waals surface area contributed by atoms with Crippen molar-refractivity contribution < 1.29 is 14.6 Å². The maximum atomic E-state index is 10.9. The van der Waals surface area contributed by atoms with Crippen LogP contribution in [0.3, 0.4) is 0 Å². The van der Waals surface area contributed by atoms with E-state index in [1.807, 2.05) is 6.07 Å². The second kappa shape index (κ2) is 3.81. The zero-order valence-corrected chi connectivity index (χ0v) is 9.02. The molecule has 1 heterocycles. The van der Waals surface area contributed by atoms with Crippen LogP contribution in [0.15, 0.2) is 24.3 Å². The summed E-state index contributed by atoms with van der Waals surface area (Å²) in [6.07, 6.45) is 0. The van der Waals surface area contributed by atoms with Crippen molar-refractivity contribution in [1.82, 2.24) is 4.98 Å². The smallest absolute Gasteiger partial charge is 0.337 e. The van der Waals surface area contributed by atoms with Crippen molar-refractivity contribution in [2.45, 2.75) is 6.92 Å². The molecule has 0 aliphatic carbocycles. The Hall–Kier alpha value is -2.10. The molecule has 1 aromatic carbocycles. The van der Waals surface area contributed by atoms with Crippen LogP contribution in [0.1, 0.15) is 16.1 Å². The van der Waals surface area contributed by atoms with Crippen molar-refractivity contribution in [2.75, 3.05) is 7.11 Å². The summed E-state index contributed by atoms with van der Waals surface area (Å²) in [6.45, 7) is 1.69. The van der Waals surface area contributed by atoms with Gasteiger partial charge in [0.15, 0.2) is 0 Å². The van der Waals surface area contributed by atoms with Crippen LogP contribution >= 0.6 is 0 Å². The number of aromatic carboxylic acids is 1. The number of carbonyl (C=O) groups is 1. The summed E-state index contributed by atoms with van der Waals surface area (Å²) < 4.78 is 5.08. The quantitative estimate of drug-likeness (QED) is 0.838. The maximum absolute atomic E-state index is 10.9. The fourth-order valence-corrected chi connectivity index (χ4v) is 1.59. The van der Waals surface area contributed by atoms with E-state index in [9.17, 15) is 4.79 Å². The summed E-state index contributed by atoms with van der Waals surface area (Å²) in [5.41, 5.74) is 1.51. The zero-order chi connectivity index (χ0) is 11.7. The molecule has 0 saturated carbocycles. The molecule has 16 heavy (non-hydrogen) atoms. The second-order valence-electron chi connectivity index (χ2n) is 3.49. The predicted octanol–water partition coefficient (Wildman–Crippen LogP) is 2.25. The van der Waals surface area contributed by atoms with Crippen LogP contribution < -0.4 is 4.74 Å². The molecule has 82 valence electrons. The molecule has 0 unspecified atom stereocenters. The van der Waals surface area contributed by atoms with Crippen molar-refractivity contribution in [3.05, 3.63) is 35.5 Å². The largest absolute Gasteiger partial charge is 0.497 e. The van der Waals surface area contributed by atoms with Gasteiger partial charge >= 0.3 is 5.97 Å². The Balaban J connectivity index is 2.70. The predicted molar refractivity (Wildman–Crippen MR) is 60.0 cm³/mol. The molecule has 4 nitrogen and oxygen atoms in total. The molecule has 0 radical (unpaired) electrons. The van der Waals surface area contributed by atoms with Crippen molar-refractivity contribution in [2.24, 2.45) is 0 Å².